The Labute approximate surface area is 64.0 Å². The first-order chi connectivity index (χ1) is 4.62. The maximum absolute atomic E-state index is 2.48. The van der Waals surface area contributed by atoms with E-state index in [1.165, 1.54) is 19.3 Å². The summed E-state index contributed by atoms with van der Waals surface area (Å²) in [5.41, 5.74) is 0.752. The third kappa shape index (κ3) is 0.681. The summed E-state index contributed by atoms with van der Waals surface area (Å²) in [7, 11) is 0. The fraction of sp³-hybridized carbons (Fsp3) is 1.00. The molecule has 0 N–H and O–H groups in total. The lowest BCUT2D eigenvalue weighted by molar-refractivity contribution is -0.0724. The Hall–Kier alpha value is 0. The number of fused-ring (bicyclic) bond motifs is 2. The molecular weight excluding hydrogens is 120 g/mol. The zero-order valence-corrected chi connectivity index (χ0v) is 7.35. The zero-order valence-electron chi connectivity index (χ0n) is 7.35. The highest BCUT2D eigenvalue weighted by Gasteiger charge is 2.50. The van der Waals surface area contributed by atoms with Gasteiger partial charge in [-0.05, 0) is 42.4 Å². The van der Waals surface area contributed by atoms with Gasteiger partial charge in [-0.15, -0.1) is 0 Å². The largest absolute Gasteiger partial charge is 0.0622 e. The molecule has 0 aromatic rings. The molecule has 10 heavy (non-hydrogen) atoms. The van der Waals surface area contributed by atoms with E-state index in [0.717, 1.165) is 23.2 Å². The van der Waals surface area contributed by atoms with Gasteiger partial charge in [-0.2, -0.15) is 0 Å². The molecular formula is C10H18. The van der Waals surface area contributed by atoms with Crippen LogP contribution in [0.15, 0.2) is 0 Å². The van der Waals surface area contributed by atoms with Gasteiger partial charge in [-0.25, -0.2) is 0 Å². The smallest absolute Gasteiger partial charge is 0.0292 e. The number of rotatable bonds is 0. The Morgan fingerprint density at radius 2 is 1.80 bits per heavy atom. The molecule has 0 saturated heterocycles. The lowest BCUT2D eigenvalue weighted by Crippen LogP contribution is -2.48. The molecule has 2 unspecified atom stereocenters. The zero-order chi connectivity index (χ0) is 7.35. The van der Waals surface area contributed by atoms with E-state index in [2.05, 4.69) is 20.8 Å². The third-order valence-corrected chi connectivity index (χ3v) is 4.17. The van der Waals surface area contributed by atoms with E-state index in [1.807, 2.05) is 0 Å². The second-order valence-electron chi connectivity index (χ2n) is 4.93. The van der Waals surface area contributed by atoms with Gasteiger partial charge in [0.25, 0.3) is 0 Å². The van der Waals surface area contributed by atoms with Gasteiger partial charge in [0.2, 0.25) is 0 Å². The molecule has 3 saturated carbocycles. The van der Waals surface area contributed by atoms with Crippen LogP contribution in [0.2, 0.25) is 0 Å². The molecule has 0 spiro atoms. The van der Waals surface area contributed by atoms with Crippen molar-refractivity contribution in [3.05, 3.63) is 0 Å². The maximum atomic E-state index is 2.48. The molecule has 0 radical (unpaired) electrons. The van der Waals surface area contributed by atoms with Crippen molar-refractivity contribution >= 4 is 0 Å². The van der Waals surface area contributed by atoms with Crippen LogP contribution in [0.5, 0.6) is 0 Å². The van der Waals surface area contributed by atoms with E-state index in [0.29, 0.717) is 0 Å². The van der Waals surface area contributed by atoms with Crippen molar-refractivity contribution in [1.82, 2.24) is 0 Å². The van der Waals surface area contributed by atoms with E-state index in [4.69, 9.17) is 0 Å². The monoisotopic (exact) mass is 138 g/mol. The molecule has 3 aliphatic rings. The summed E-state index contributed by atoms with van der Waals surface area (Å²) in [5.74, 6) is 3.09. The predicted molar refractivity (Wildman–Crippen MR) is 43.8 cm³/mol. The minimum atomic E-state index is 0.752. The molecule has 0 aromatic heterocycles. The quantitative estimate of drug-likeness (QED) is 0.482. The van der Waals surface area contributed by atoms with Crippen LogP contribution in [0.25, 0.3) is 0 Å². The highest BCUT2D eigenvalue weighted by atomic mass is 14.5. The van der Waals surface area contributed by atoms with Crippen LogP contribution in [-0.4, -0.2) is 0 Å². The Balaban J connectivity index is 2.14. The lowest BCUT2D eigenvalue weighted by atomic mass is 9.48. The SMILES string of the molecule is CC1CC2CC(C)(C2)C1C. The Kier molecular flexibility index (Phi) is 1.19. The highest BCUT2D eigenvalue weighted by molar-refractivity contribution is 5.00. The first-order valence-electron chi connectivity index (χ1n) is 4.62. The fourth-order valence-corrected chi connectivity index (χ4v) is 3.21. The Morgan fingerprint density at radius 3 is 2.20 bits per heavy atom. The molecule has 58 valence electrons. The van der Waals surface area contributed by atoms with Crippen LogP contribution in [0.4, 0.5) is 0 Å². The molecule has 2 bridgehead atoms. The van der Waals surface area contributed by atoms with Crippen molar-refractivity contribution in [3.63, 3.8) is 0 Å². The average molecular weight is 138 g/mol. The van der Waals surface area contributed by atoms with Crippen molar-refractivity contribution in [2.45, 2.75) is 40.0 Å². The number of hydrogen-bond acceptors (Lipinski definition) is 0. The summed E-state index contributed by atoms with van der Waals surface area (Å²) in [5, 5.41) is 0. The summed E-state index contributed by atoms with van der Waals surface area (Å²) in [6.07, 6.45) is 4.56. The molecule has 3 aliphatic carbocycles. The predicted octanol–water partition coefficient (Wildman–Crippen LogP) is 3.08. The van der Waals surface area contributed by atoms with Crippen LogP contribution in [0.3, 0.4) is 0 Å². The van der Waals surface area contributed by atoms with E-state index >= 15 is 0 Å². The van der Waals surface area contributed by atoms with E-state index < -0.39 is 0 Å². The summed E-state index contributed by atoms with van der Waals surface area (Å²) in [6.45, 7) is 7.35. The van der Waals surface area contributed by atoms with E-state index in [1.54, 1.807) is 0 Å². The van der Waals surface area contributed by atoms with Crippen LogP contribution in [-0.2, 0) is 0 Å². The molecule has 3 rings (SSSR count). The Bertz CT molecular complexity index is 139. The molecule has 0 heterocycles. The number of hydrogen-bond donors (Lipinski definition) is 0. The average Bonchev–Trinajstić information content (AvgIpc) is 1.78. The van der Waals surface area contributed by atoms with Gasteiger partial charge in [0, 0.05) is 0 Å². The van der Waals surface area contributed by atoms with Gasteiger partial charge >= 0.3 is 0 Å². The Morgan fingerprint density at radius 1 is 1.20 bits per heavy atom. The molecule has 3 fully saturated rings. The molecule has 0 heteroatoms. The molecule has 0 nitrogen and oxygen atoms in total. The topological polar surface area (TPSA) is 0 Å². The minimum absolute atomic E-state index is 0.752. The maximum Gasteiger partial charge on any atom is -0.0292 e. The van der Waals surface area contributed by atoms with E-state index in [9.17, 15) is 0 Å². The summed E-state index contributed by atoms with van der Waals surface area (Å²) in [4.78, 5) is 0. The van der Waals surface area contributed by atoms with Gasteiger partial charge in [0.1, 0.15) is 0 Å². The summed E-state index contributed by atoms with van der Waals surface area (Å²) in [6, 6.07) is 0. The van der Waals surface area contributed by atoms with Crippen LogP contribution < -0.4 is 0 Å². The first kappa shape index (κ1) is 6.69. The standard InChI is InChI=1S/C10H18/c1-7-4-9-5-10(3,6-9)8(7)2/h7-9H,4-6H2,1-3H3. The molecule has 0 amide bonds. The minimum Gasteiger partial charge on any atom is -0.0622 e. The van der Waals surface area contributed by atoms with Crippen molar-refractivity contribution < 1.29 is 0 Å². The van der Waals surface area contributed by atoms with Crippen LogP contribution in [0, 0.1) is 23.2 Å². The van der Waals surface area contributed by atoms with Crippen molar-refractivity contribution in [3.8, 4) is 0 Å². The van der Waals surface area contributed by atoms with Crippen LogP contribution >= 0.6 is 0 Å². The van der Waals surface area contributed by atoms with Gasteiger partial charge in [0.15, 0.2) is 0 Å². The highest BCUT2D eigenvalue weighted by Crippen LogP contribution is 2.60. The van der Waals surface area contributed by atoms with Crippen molar-refractivity contribution in [2.24, 2.45) is 23.2 Å². The van der Waals surface area contributed by atoms with Crippen molar-refractivity contribution in [1.29, 1.82) is 0 Å². The normalized spacial score (nSPS) is 59.7. The van der Waals surface area contributed by atoms with Gasteiger partial charge in [0.05, 0.1) is 0 Å². The second kappa shape index (κ2) is 1.78. The summed E-state index contributed by atoms with van der Waals surface area (Å²) < 4.78 is 0. The fourth-order valence-electron chi connectivity index (χ4n) is 3.21. The first-order valence-corrected chi connectivity index (χ1v) is 4.62. The third-order valence-electron chi connectivity index (χ3n) is 4.17. The molecule has 2 atom stereocenters. The summed E-state index contributed by atoms with van der Waals surface area (Å²) >= 11 is 0. The van der Waals surface area contributed by atoms with Crippen molar-refractivity contribution in [2.75, 3.05) is 0 Å². The second-order valence-corrected chi connectivity index (χ2v) is 4.93. The van der Waals surface area contributed by atoms with Gasteiger partial charge in [-0.1, -0.05) is 20.8 Å². The van der Waals surface area contributed by atoms with Gasteiger partial charge in [-0.3, -0.25) is 0 Å². The van der Waals surface area contributed by atoms with E-state index in [-0.39, 0.29) is 0 Å². The molecule has 0 aliphatic heterocycles. The molecule has 0 aromatic carbocycles. The van der Waals surface area contributed by atoms with Crippen LogP contribution in [0.1, 0.15) is 40.0 Å². The van der Waals surface area contributed by atoms with Gasteiger partial charge < -0.3 is 0 Å². The lowest BCUT2D eigenvalue weighted by Gasteiger charge is -2.57.